The van der Waals surface area contributed by atoms with Crippen molar-refractivity contribution in [3.63, 3.8) is 0 Å². The molecule has 0 aliphatic rings. The Hall–Kier alpha value is -1.31. The van der Waals surface area contributed by atoms with E-state index in [1.165, 1.54) is 36.0 Å². The van der Waals surface area contributed by atoms with Gasteiger partial charge in [0.2, 0.25) is 0 Å². The molecule has 2 atom stereocenters. The highest BCUT2D eigenvalue weighted by Crippen LogP contribution is 2.32. The minimum absolute atomic E-state index is 0. The maximum Gasteiger partial charge on any atom is 0.104 e. The van der Waals surface area contributed by atoms with Gasteiger partial charge in [0.25, 0.3) is 0 Å². The van der Waals surface area contributed by atoms with Gasteiger partial charge in [-0.3, -0.25) is 0 Å². The number of halogens is 1. The Morgan fingerprint density at radius 3 is 1.66 bits per heavy atom. The predicted octanol–water partition coefficient (Wildman–Crippen LogP) is 4.64. The molecule has 0 N–H and O–H groups in total. The zero-order valence-corrected chi connectivity index (χ0v) is 20.8. The summed E-state index contributed by atoms with van der Waals surface area (Å²) < 4.78 is 0.974. The van der Waals surface area contributed by atoms with Crippen molar-refractivity contribution in [3.05, 3.63) is 71.3 Å². The standard InChI is InChI=1S/C22H32N.C5H12.ClH/c1-6-20(16-18(2)21-10-8-7-9-11-21)22-14-12-19(13-15-22)17-23(3,4)5;1-4-5(2)3;/h7-15,18,20H,6,16-17H2,1-5H3;5H,4H2,1-3H3;1H/q+1;;/p-1. The molecule has 2 aromatic carbocycles. The van der Waals surface area contributed by atoms with Gasteiger partial charge in [-0.05, 0) is 41.7 Å². The first kappa shape index (κ1) is 27.7. The van der Waals surface area contributed by atoms with Gasteiger partial charge in [0, 0.05) is 5.56 Å². The van der Waals surface area contributed by atoms with E-state index >= 15 is 0 Å². The Bertz CT molecular complexity index is 640. The van der Waals surface area contributed by atoms with Crippen LogP contribution >= 0.6 is 0 Å². The monoisotopic (exact) mass is 417 g/mol. The maximum absolute atomic E-state index is 2.35. The van der Waals surface area contributed by atoms with Gasteiger partial charge in [-0.2, -0.15) is 0 Å². The van der Waals surface area contributed by atoms with E-state index in [0.29, 0.717) is 11.8 Å². The summed E-state index contributed by atoms with van der Waals surface area (Å²) in [5.41, 5.74) is 4.36. The molecule has 0 heterocycles. The molecule has 2 rings (SSSR count). The highest BCUT2D eigenvalue weighted by Gasteiger charge is 2.16. The number of hydrogen-bond donors (Lipinski definition) is 0. The molecule has 2 unspecified atom stereocenters. The van der Waals surface area contributed by atoms with Gasteiger partial charge in [-0.25, -0.2) is 0 Å². The molecule has 29 heavy (non-hydrogen) atoms. The van der Waals surface area contributed by atoms with Gasteiger partial charge >= 0.3 is 0 Å². The number of quaternary nitrogens is 1. The summed E-state index contributed by atoms with van der Waals surface area (Å²) in [5.74, 6) is 2.13. The summed E-state index contributed by atoms with van der Waals surface area (Å²) in [6.45, 7) is 12.4. The van der Waals surface area contributed by atoms with E-state index in [2.05, 4.69) is 110 Å². The van der Waals surface area contributed by atoms with Gasteiger partial charge in [-0.1, -0.05) is 95.6 Å². The fourth-order valence-corrected chi connectivity index (χ4v) is 3.33. The number of benzene rings is 2. The van der Waals surface area contributed by atoms with Gasteiger partial charge in [-0.15, -0.1) is 0 Å². The second-order valence-corrected chi connectivity index (χ2v) is 9.64. The van der Waals surface area contributed by atoms with Crippen LogP contribution in [-0.2, 0) is 6.54 Å². The van der Waals surface area contributed by atoms with E-state index in [1.54, 1.807) is 0 Å². The molecule has 0 amide bonds. The minimum atomic E-state index is 0. The molecule has 2 aromatic rings. The summed E-state index contributed by atoms with van der Waals surface area (Å²) >= 11 is 0. The molecule has 0 aliphatic carbocycles. The first-order chi connectivity index (χ1) is 13.2. The lowest BCUT2D eigenvalue weighted by molar-refractivity contribution is -0.884. The highest BCUT2D eigenvalue weighted by molar-refractivity contribution is 5.26. The molecule has 0 saturated carbocycles. The van der Waals surface area contributed by atoms with E-state index in [-0.39, 0.29) is 12.4 Å². The van der Waals surface area contributed by atoms with Crippen molar-refractivity contribution >= 4 is 0 Å². The minimum Gasteiger partial charge on any atom is -1.00 e. The molecule has 0 bridgehead atoms. The Morgan fingerprint density at radius 2 is 1.24 bits per heavy atom. The number of nitrogens with zero attached hydrogens (tertiary/aromatic N) is 1. The average molecular weight is 418 g/mol. The quantitative estimate of drug-likeness (QED) is 0.549. The topological polar surface area (TPSA) is 0 Å². The lowest BCUT2D eigenvalue weighted by Crippen LogP contribution is -3.00. The van der Waals surface area contributed by atoms with Crippen molar-refractivity contribution in [2.24, 2.45) is 5.92 Å². The van der Waals surface area contributed by atoms with Crippen LogP contribution in [0.2, 0.25) is 0 Å². The SMILES string of the molecule is CCC(C)C.CCC(CC(C)c1ccccc1)c1ccc(C[N+](C)(C)C)cc1.[Cl-]. The summed E-state index contributed by atoms with van der Waals surface area (Å²) in [7, 11) is 6.72. The molecule has 0 spiro atoms. The lowest BCUT2D eigenvalue weighted by atomic mass is 9.84. The van der Waals surface area contributed by atoms with Crippen molar-refractivity contribution in [3.8, 4) is 0 Å². The van der Waals surface area contributed by atoms with Crippen LogP contribution < -0.4 is 12.4 Å². The molecular formula is C27H44ClN. The summed E-state index contributed by atoms with van der Waals surface area (Å²) in [5, 5.41) is 0. The fraction of sp³-hybridized carbons (Fsp3) is 0.556. The maximum atomic E-state index is 2.35. The van der Waals surface area contributed by atoms with Crippen LogP contribution in [0.3, 0.4) is 0 Å². The third-order valence-electron chi connectivity index (χ3n) is 5.42. The molecule has 0 aliphatic heterocycles. The van der Waals surface area contributed by atoms with Gasteiger partial charge in [0.15, 0.2) is 0 Å². The van der Waals surface area contributed by atoms with E-state index in [9.17, 15) is 0 Å². The third-order valence-corrected chi connectivity index (χ3v) is 5.42. The summed E-state index contributed by atoms with van der Waals surface area (Å²) in [6.07, 6.45) is 3.72. The highest BCUT2D eigenvalue weighted by atomic mass is 35.5. The first-order valence-corrected chi connectivity index (χ1v) is 11.1. The van der Waals surface area contributed by atoms with Crippen LogP contribution in [-0.4, -0.2) is 25.6 Å². The van der Waals surface area contributed by atoms with E-state index in [1.807, 2.05) is 0 Å². The Kier molecular flexibility index (Phi) is 13.2. The molecule has 0 radical (unpaired) electrons. The van der Waals surface area contributed by atoms with Crippen molar-refractivity contribution < 1.29 is 16.9 Å². The largest absolute Gasteiger partial charge is 1.00 e. The van der Waals surface area contributed by atoms with Crippen LogP contribution in [0, 0.1) is 5.92 Å². The van der Waals surface area contributed by atoms with Gasteiger partial charge < -0.3 is 16.9 Å². The molecule has 2 heteroatoms. The summed E-state index contributed by atoms with van der Waals surface area (Å²) in [4.78, 5) is 0. The zero-order valence-electron chi connectivity index (χ0n) is 20.1. The molecule has 1 nitrogen and oxygen atoms in total. The molecule has 0 fully saturated rings. The van der Waals surface area contributed by atoms with Crippen molar-refractivity contribution in [1.29, 1.82) is 0 Å². The van der Waals surface area contributed by atoms with Gasteiger partial charge in [0.1, 0.15) is 6.54 Å². The first-order valence-electron chi connectivity index (χ1n) is 11.1. The molecule has 0 aromatic heterocycles. The number of hydrogen-bond acceptors (Lipinski definition) is 0. The number of rotatable bonds is 8. The second-order valence-electron chi connectivity index (χ2n) is 9.64. The van der Waals surface area contributed by atoms with Crippen LogP contribution in [0.4, 0.5) is 0 Å². The molecule has 164 valence electrons. The van der Waals surface area contributed by atoms with Crippen LogP contribution in [0.25, 0.3) is 0 Å². The Labute approximate surface area is 187 Å². The second kappa shape index (κ2) is 13.8. The Balaban J connectivity index is 0.00000117. The van der Waals surface area contributed by atoms with E-state index in [0.717, 1.165) is 16.9 Å². The molecular weight excluding hydrogens is 374 g/mol. The average Bonchev–Trinajstić information content (AvgIpc) is 2.66. The Morgan fingerprint density at radius 1 is 0.724 bits per heavy atom. The summed E-state index contributed by atoms with van der Waals surface area (Å²) in [6, 6.07) is 20.2. The predicted molar refractivity (Wildman–Crippen MR) is 126 cm³/mol. The van der Waals surface area contributed by atoms with E-state index < -0.39 is 0 Å². The van der Waals surface area contributed by atoms with Gasteiger partial charge in [0.05, 0.1) is 21.1 Å². The van der Waals surface area contributed by atoms with Crippen molar-refractivity contribution in [1.82, 2.24) is 0 Å². The van der Waals surface area contributed by atoms with Crippen molar-refractivity contribution in [2.75, 3.05) is 21.1 Å². The van der Waals surface area contributed by atoms with Crippen molar-refractivity contribution in [2.45, 2.75) is 72.3 Å². The normalized spacial score (nSPS) is 13.1. The smallest absolute Gasteiger partial charge is 0.104 e. The van der Waals surface area contributed by atoms with E-state index in [4.69, 9.17) is 0 Å². The van der Waals surface area contributed by atoms with Crippen LogP contribution in [0.1, 0.15) is 82.4 Å². The van der Waals surface area contributed by atoms with Crippen LogP contribution in [0.15, 0.2) is 54.6 Å². The molecule has 0 saturated heterocycles. The van der Waals surface area contributed by atoms with Crippen LogP contribution in [0.5, 0.6) is 0 Å². The third kappa shape index (κ3) is 11.5. The zero-order chi connectivity index (χ0) is 21.2. The lowest BCUT2D eigenvalue weighted by Gasteiger charge is -2.24. The fourth-order valence-electron chi connectivity index (χ4n) is 3.33.